The first-order chi connectivity index (χ1) is 15.8. The third kappa shape index (κ3) is 4.25. The Hall–Kier alpha value is -2.15. The first-order valence-electron chi connectivity index (χ1n) is 10.7. The monoisotopic (exact) mass is 512 g/mol. The molecule has 0 aliphatic carbocycles. The molecule has 1 aromatic carbocycles. The number of carbonyl (C=O) groups is 1. The van der Waals surface area contributed by atoms with Gasteiger partial charge in [-0.05, 0) is 30.4 Å². The molecule has 0 radical (unpaired) electrons. The van der Waals surface area contributed by atoms with Crippen LogP contribution in [0.4, 0.5) is 13.9 Å². The van der Waals surface area contributed by atoms with Crippen molar-refractivity contribution in [2.24, 2.45) is 0 Å². The van der Waals surface area contributed by atoms with Crippen LogP contribution in [0.2, 0.25) is 0 Å². The highest BCUT2D eigenvalue weighted by atomic mass is 32.2. The van der Waals surface area contributed by atoms with Crippen molar-refractivity contribution in [2.45, 2.75) is 29.5 Å². The normalized spacial score (nSPS) is 20.5. The van der Waals surface area contributed by atoms with Gasteiger partial charge in [0.25, 0.3) is 10.0 Å². The highest BCUT2D eigenvalue weighted by molar-refractivity contribution is 7.91. The van der Waals surface area contributed by atoms with Gasteiger partial charge in [0.2, 0.25) is 5.91 Å². The number of piperazine rings is 1. The fraction of sp³-hybridized carbons (Fsp3) is 0.429. The lowest BCUT2D eigenvalue weighted by Crippen LogP contribution is -2.57. The summed E-state index contributed by atoms with van der Waals surface area (Å²) in [6, 6.07) is 4.66. The third-order valence-electron chi connectivity index (χ3n) is 6.06. The average Bonchev–Trinajstić information content (AvgIpc) is 3.50. The Morgan fingerprint density at radius 3 is 2.61 bits per heavy atom. The first kappa shape index (κ1) is 22.6. The number of fused-ring (bicyclic) bond motifs is 1. The van der Waals surface area contributed by atoms with Crippen LogP contribution in [-0.4, -0.2) is 67.3 Å². The van der Waals surface area contributed by atoms with Crippen molar-refractivity contribution < 1.29 is 22.0 Å². The minimum atomic E-state index is -3.71. The van der Waals surface area contributed by atoms with Gasteiger partial charge >= 0.3 is 0 Å². The van der Waals surface area contributed by atoms with Gasteiger partial charge in [-0.1, -0.05) is 23.8 Å². The van der Waals surface area contributed by atoms with Gasteiger partial charge in [0.1, 0.15) is 21.6 Å². The van der Waals surface area contributed by atoms with Gasteiger partial charge in [0.15, 0.2) is 10.9 Å². The number of rotatable bonds is 4. The number of nitrogens with zero attached hydrogens (tertiary/aromatic N) is 4. The number of thiazole rings is 1. The highest BCUT2D eigenvalue weighted by Crippen LogP contribution is 2.32. The summed E-state index contributed by atoms with van der Waals surface area (Å²) in [6.07, 6.45) is 2.05. The zero-order valence-electron chi connectivity index (χ0n) is 17.6. The Kier molecular flexibility index (Phi) is 6.10. The summed E-state index contributed by atoms with van der Waals surface area (Å²) in [4.78, 5) is 21.3. The molecular weight excluding hydrogens is 490 g/mol. The van der Waals surface area contributed by atoms with Crippen molar-refractivity contribution in [1.82, 2.24) is 14.2 Å². The Morgan fingerprint density at radius 1 is 1.09 bits per heavy atom. The van der Waals surface area contributed by atoms with Gasteiger partial charge < -0.3 is 9.80 Å². The topological polar surface area (TPSA) is 73.8 Å². The van der Waals surface area contributed by atoms with Gasteiger partial charge in [-0.2, -0.15) is 4.31 Å². The lowest BCUT2D eigenvalue weighted by Gasteiger charge is -2.40. The lowest BCUT2D eigenvalue weighted by molar-refractivity contribution is -0.136. The molecular formula is C21H22F2N4O3S3. The van der Waals surface area contributed by atoms with E-state index < -0.39 is 27.7 Å². The van der Waals surface area contributed by atoms with E-state index in [1.807, 2.05) is 4.90 Å². The summed E-state index contributed by atoms with van der Waals surface area (Å²) in [5.41, 5.74) is 0.145. The lowest BCUT2D eigenvalue weighted by atomic mass is 10.0. The SMILES string of the molecule is O=C(C1CCCCN1S(=O)(=O)c1cccs1)N1CCN(c2nc3c(F)cc(F)cc3s2)CC1. The van der Waals surface area contributed by atoms with Crippen molar-refractivity contribution in [3.63, 3.8) is 0 Å². The molecule has 2 saturated heterocycles. The molecule has 2 aliphatic rings. The van der Waals surface area contributed by atoms with Crippen molar-refractivity contribution in [2.75, 3.05) is 37.6 Å². The number of amides is 1. The van der Waals surface area contributed by atoms with Crippen LogP contribution in [0.1, 0.15) is 19.3 Å². The maximum Gasteiger partial charge on any atom is 0.253 e. The second-order valence-corrected chi connectivity index (χ2v) is 12.2. The maximum atomic E-state index is 14.0. The van der Waals surface area contributed by atoms with Crippen LogP contribution in [0.25, 0.3) is 10.2 Å². The van der Waals surface area contributed by atoms with Crippen LogP contribution in [0.15, 0.2) is 33.9 Å². The molecule has 3 aromatic rings. The van der Waals surface area contributed by atoms with E-state index in [1.54, 1.807) is 22.4 Å². The molecule has 1 atom stereocenters. The summed E-state index contributed by atoms with van der Waals surface area (Å²) in [5, 5.41) is 2.30. The van der Waals surface area contributed by atoms with Gasteiger partial charge in [-0.15, -0.1) is 11.3 Å². The van der Waals surface area contributed by atoms with Crippen LogP contribution in [-0.2, 0) is 14.8 Å². The largest absolute Gasteiger partial charge is 0.345 e. The molecule has 12 heteroatoms. The minimum Gasteiger partial charge on any atom is -0.345 e. The summed E-state index contributed by atoms with van der Waals surface area (Å²) >= 11 is 2.37. The van der Waals surface area contributed by atoms with Crippen LogP contribution in [0.3, 0.4) is 0 Å². The molecule has 0 saturated carbocycles. The number of aromatic nitrogens is 1. The van der Waals surface area contributed by atoms with Gasteiger partial charge in [0.05, 0.1) is 4.70 Å². The molecule has 176 valence electrons. The molecule has 1 unspecified atom stereocenters. The molecule has 0 spiro atoms. The number of hydrogen-bond acceptors (Lipinski definition) is 7. The molecule has 1 amide bonds. The van der Waals surface area contributed by atoms with Gasteiger partial charge in [-0.3, -0.25) is 4.79 Å². The maximum absolute atomic E-state index is 14.0. The van der Waals surface area contributed by atoms with Crippen molar-refractivity contribution in [1.29, 1.82) is 0 Å². The Labute approximate surface area is 198 Å². The van der Waals surface area contributed by atoms with Crippen LogP contribution in [0.5, 0.6) is 0 Å². The molecule has 2 fully saturated rings. The number of hydrogen-bond donors (Lipinski definition) is 0. The number of anilines is 1. The zero-order valence-corrected chi connectivity index (χ0v) is 20.1. The van der Waals surface area contributed by atoms with Crippen LogP contribution >= 0.6 is 22.7 Å². The average molecular weight is 513 g/mol. The number of sulfonamides is 1. The predicted octanol–water partition coefficient (Wildman–Crippen LogP) is 3.53. The van der Waals surface area contributed by atoms with Gasteiger partial charge in [0, 0.05) is 38.8 Å². The van der Waals surface area contributed by atoms with E-state index in [4.69, 9.17) is 0 Å². The van der Waals surface area contributed by atoms with E-state index in [0.29, 0.717) is 49.0 Å². The number of benzene rings is 1. The van der Waals surface area contributed by atoms with E-state index >= 15 is 0 Å². The number of halogens is 2. The molecule has 7 nitrogen and oxygen atoms in total. The van der Waals surface area contributed by atoms with E-state index in [9.17, 15) is 22.0 Å². The fourth-order valence-corrected chi connectivity index (χ4v) is 8.20. The fourth-order valence-electron chi connectivity index (χ4n) is 4.37. The molecule has 4 heterocycles. The Bertz CT molecular complexity index is 1270. The standard InChI is InChI=1S/C21H22F2N4O3S3/c22-14-12-15(23)19-17(13-14)32-21(24-19)26-9-7-25(8-10-26)20(28)16-4-1-2-6-27(16)33(29,30)18-5-3-11-31-18/h3,5,11-13,16H,1-2,4,6-10H2. The van der Waals surface area contributed by atoms with E-state index in [-0.39, 0.29) is 15.6 Å². The second-order valence-electron chi connectivity index (χ2n) is 8.10. The number of carbonyl (C=O) groups excluding carboxylic acids is 1. The summed E-state index contributed by atoms with van der Waals surface area (Å²) in [5.74, 6) is -1.50. The van der Waals surface area contributed by atoms with Crippen molar-refractivity contribution in [3.05, 3.63) is 41.3 Å². The zero-order chi connectivity index (χ0) is 23.2. The summed E-state index contributed by atoms with van der Waals surface area (Å²) in [7, 11) is -3.71. The van der Waals surface area contributed by atoms with Crippen LogP contribution in [0, 0.1) is 11.6 Å². The van der Waals surface area contributed by atoms with E-state index in [1.165, 1.54) is 21.7 Å². The van der Waals surface area contributed by atoms with Crippen molar-refractivity contribution >= 4 is 54.0 Å². The Balaban J connectivity index is 1.29. The predicted molar refractivity (Wildman–Crippen MR) is 124 cm³/mol. The summed E-state index contributed by atoms with van der Waals surface area (Å²) in [6.45, 7) is 2.13. The third-order valence-corrected chi connectivity index (χ3v) is 10.4. The second kappa shape index (κ2) is 8.90. The highest BCUT2D eigenvalue weighted by Gasteiger charge is 2.40. The molecule has 2 aliphatic heterocycles. The Morgan fingerprint density at radius 2 is 1.88 bits per heavy atom. The quantitative estimate of drug-likeness (QED) is 0.535. The summed E-state index contributed by atoms with van der Waals surface area (Å²) < 4.78 is 55.8. The van der Waals surface area contributed by atoms with E-state index in [0.717, 1.165) is 30.2 Å². The smallest absolute Gasteiger partial charge is 0.253 e. The first-order valence-corrected chi connectivity index (χ1v) is 13.8. The number of thiophene rings is 1. The molecule has 5 rings (SSSR count). The molecule has 2 aromatic heterocycles. The van der Waals surface area contributed by atoms with Crippen molar-refractivity contribution in [3.8, 4) is 0 Å². The van der Waals surface area contributed by atoms with Gasteiger partial charge in [-0.25, -0.2) is 22.2 Å². The molecule has 0 N–H and O–H groups in total. The molecule has 0 bridgehead atoms. The van der Waals surface area contributed by atoms with E-state index in [2.05, 4.69) is 4.98 Å². The number of piperidine rings is 1. The molecule has 33 heavy (non-hydrogen) atoms. The van der Waals surface area contributed by atoms with Crippen LogP contribution < -0.4 is 4.90 Å². The minimum absolute atomic E-state index is 0.145.